The lowest BCUT2D eigenvalue weighted by Gasteiger charge is -2.50. The van der Waals surface area contributed by atoms with Gasteiger partial charge in [0, 0.05) is 42.3 Å². The number of carboxylic acids is 2. The lowest BCUT2D eigenvalue weighted by atomic mass is 9.95. The second-order valence-electron chi connectivity index (χ2n) is 25.7. The Morgan fingerprint density at radius 1 is 0.350 bits per heavy atom. The smallest absolute Gasteiger partial charge is 0.321 e. The van der Waals surface area contributed by atoms with E-state index in [1.54, 1.807) is 0 Å². The molecule has 0 aromatic heterocycles. The fourth-order valence-corrected chi connectivity index (χ4v) is 15.0. The zero-order chi connectivity index (χ0) is 75.4. The van der Waals surface area contributed by atoms with Crippen LogP contribution < -0.4 is 5.32 Å². The van der Waals surface area contributed by atoms with Crippen LogP contribution in [0.3, 0.4) is 0 Å². The monoisotopic (exact) mass is 1540 g/mol. The second-order valence-corrected chi connectivity index (χ2v) is 27.9. The van der Waals surface area contributed by atoms with Gasteiger partial charge in [0.15, 0.2) is 44.0 Å². The molecule has 21 saturated heterocycles. The van der Waals surface area contributed by atoms with Crippen molar-refractivity contribution in [2.75, 3.05) is 89.5 Å². The topological polar surface area (TPSA) is 653 Å². The Hall–Kier alpha value is -2.46. The lowest BCUT2D eigenvalue weighted by Crippen LogP contribution is -2.68. The third-order valence-electron chi connectivity index (χ3n) is 18.6. The van der Waals surface area contributed by atoms with Gasteiger partial charge in [0.05, 0.1) is 77.6 Å². The Balaban J connectivity index is 1.08. The predicted molar refractivity (Wildman–Crippen MR) is 332 cm³/mol. The van der Waals surface area contributed by atoms with Crippen molar-refractivity contribution < 1.29 is 202 Å². The van der Waals surface area contributed by atoms with E-state index in [2.05, 4.69) is 5.32 Å². The minimum atomic E-state index is -2.31. The van der Waals surface area contributed by atoms with E-state index in [4.69, 9.17) is 75.8 Å². The number of hydrogen-bond acceptors (Lipinski definition) is 42. The van der Waals surface area contributed by atoms with Crippen LogP contribution in [0.15, 0.2) is 0 Å². The van der Waals surface area contributed by atoms with Crippen molar-refractivity contribution in [2.24, 2.45) is 5.92 Å². The highest BCUT2D eigenvalue weighted by Gasteiger charge is 2.60. The number of nitrogens with one attached hydrogen (secondary N) is 1. The van der Waals surface area contributed by atoms with Crippen LogP contribution in [0.25, 0.3) is 0 Å². The molecule has 21 heterocycles. The van der Waals surface area contributed by atoms with Crippen LogP contribution in [0, 0.1) is 5.92 Å². The number of ketones is 2. The number of ether oxygens (including phenoxy) is 16. The number of hydrogen-bond donors (Lipinski definition) is 22. The minimum Gasteiger partial charge on any atom is -0.481 e. The molecule has 103 heavy (non-hydrogen) atoms. The number of rotatable bonds is 27. The van der Waals surface area contributed by atoms with Crippen LogP contribution in [0.5, 0.6) is 0 Å². The predicted octanol–water partition coefficient (Wildman–Crippen LogP) is -13.0. The normalized spacial score (nSPS) is 44.9. The van der Waals surface area contributed by atoms with Crippen LogP contribution in [-0.2, 0) is 95.0 Å². The largest absolute Gasteiger partial charge is 0.481 e. The summed E-state index contributed by atoms with van der Waals surface area (Å²) < 4.78 is 93.3. The van der Waals surface area contributed by atoms with E-state index >= 15 is 0 Å². The van der Waals surface area contributed by atoms with Crippen molar-refractivity contribution in [3.05, 3.63) is 0 Å². The average molecular weight is 1540 g/mol. The standard InChI is InChI=1S/C59H97NO41S2/c1-19(66)3-5-86-7-8-87-6-4-21(67)9-20(51(82)83)15-102-17-28-49-35(73)42(80)58(93-28)98-47-26(13-64)89-55(38(76)31(47)69)97-46-25(12-63)92-57(41(79)34(46)72)101-50-29(18-103-16-22(60-2)52(84)85)94-59(43(81)36(50)74)99-48-27(14-65)90-54(39(77)32(48)70)95-44-23(10-61)88-53(37(75)30(44)68)96-45-24(11-62)91-56(100-49)40(78)33(45)71/h20,22-50,53-65,68-81H,3-18H2,1-2H3,(H,82,83)(H,84,85)/t20-,22-,23?,24?,25?,26?,27?,28?,29?,30-,31-,32-,33-,34-,35-,36-,37+,38?,39+,40?,41?,42?,43?,44-,45-,46-,47-,48-,49-,50-,53?,54?,55+,56-,57+,58-,59-/m1/s1. The van der Waals surface area contributed by atoms with Crippen LogP contribution in [-0.4, -0.2) is 441 Å². The quantitative estimate of drug-likeness (QED) is 0.0340. The van der Waals surface area contributed by atoms with Gasteiger partial charge >= 0.3 is 11.9 Å². The van der Waals surface area contributed by atoms with Crippen LogP contribution in [0.2, 0.25) is 0 Å². The van der Waals surface area contributed by atoms with E-state index in [1.807, 2.05) is 0 Å². The van der Waals surface area contributed by atoms with Crippen molar-refractivity contribution >= 4 is 47.0 Å². The molecule has 21 aliphatic rings. The van der Waals surface area contributed by atoms with Crippen LogP contribution >= 0.6 is 23.5 Å². The maximum atomic E-state index is 13.0. The van der Waals surface area contributed by atoms with E-state index in [0.717, 1.165) is 23.5 Å². The molecule has 0 radical (unpaired) electrons. The summed E-state index contributed by atoms with van der Waals surface area (Å²) in [6.45, 7) is -3.91. The molecule has 22 N–H and O–H groups in total. The summed E-state index contributed by atoms with van der Waals surface area (Å²) >= 11 is 1.66. The molecule has 42 nitrogen and oxygen atoms in total. The van der Waals surface area contributed by atoms with Gasteiger partial charge in [0.25, 0.3) is 0 Å². The Labute approximate surface area is 595 Å². The SMILES string of the molecule is CN[C@H](CSCC1O[C@@H]2O[C@@H]3C(CO)OC(O[C@@H]4C(CO)OC(O[C@@H]5C(CO)O[C@H](O[C@@H]6C(CSC[C@@H](CC(=O)CCOCCOCCC(C)=O)C(=O)O)O[C@H](O[C@@H]7C(CO)O[C@@H](O[C@@H]8C(CO)O[C@@H](O[C@H]1[C@H](O)C2O)C(O)[C@H]8O)C(O)[C@H]7O)C(O)[C@H]6O)C(O)[C@H]5O)[C@@H](O)[C@H]4O)[C@@H](O)[C@H]3O)C(=O)O. The van der Waals surface area contributed by atoms with Gasteiger partial charge in [-0.3, -0.25) is 19.2 Å². The number of carbonyl (C=O) groups is 4. The Morgan fingerprint density at radius 2 is 0.602 bits per heavy atom. The van der Waals surface area contributed by atoms with Crippen molar-refractivity contribution in [1.82, 2.24) is 5.32 Å². The van der Waals surface area contributed by atoms with Gasteiger partial charge in [0.2, 0.25) is 0 Å². The maximum absolute atomic E-state index is 13.0. The Kier molecular flexibility index (Phi) is 33.4. The van der Waals surface area contributed by atoms with Gasteiger partial charge < -0.3 is 188 Å². The van der Waals surface area contributed by atoms with Crippen LogP contribution in [0.1, 0.15) is 26.2 Å². The molecule has 0 spiro atoms. The first-order valence-electron chi connectivity index (χ1n) is 33.2. The van der Waals surface area contributed by atoms with Crippen molar-refractivity contribution in [3.63, 3.8) is 0 Å². The van der Waals surface area contributed by atoms with Gasteiger partial charge in [-0.05, 0) is 14.0 Å². The van der Waals surface area contributed by atoms with E-state index in [-0.39, 0.29) is 62.3 Å². The minimum absolute atomic E-state index is 0.0645. The highest BCUT2D eigenvalue weighted by Crippen LogP contribution is 2.40. The average Bonchev–Trinajstić information content (AvgIpc) is 0.785. The Morgan fingerprint density at radius 3 is 0.845 bits per heavy atom. The summed E-state index contributed by atoms with van der Waals surface area (Å²) in [5.74, 6) is -6.08. The van der Waals surface area contributed by atoms with Crippen LogP contribution in [0.4, 0.5) is 0 Å². The van der Waals surface area contributed by atoms with E-state index in [9.17, 15) is 126 Å². The molecule has 21 fully saturated rings. The number of likely N-dealkylation sites (N-methyl/N-ethyl adjacent to an activating group) is 1. The van der Waals surface area contributed by atoms with Gasteiger partial charge in [-0.25, -0.2) is 0 Å². The van der Waals surface area contributed by atoms with E-state index < -0.39 is 290 Å². The number of aliphatic hydroxyl groups is 19. The molecule has 21 rings (SSSR count). The third-order valence-corrected chi connectivity index (χ3v) is 20.9. The van der Waals surface area contributed by atoms with Gasteiger partial charge in [-0.2, -0.15) is 23.5 Å². The summed E-state index contributed by atoms with van der Waals surface area (Å²) in [6, 6.07) is -1.18. The molecular formula is C59H97NO41S2. The summed E-state index contributed by atoms with van der Waals surface area (Å²) in [5.41, 5.74) is 0. The number of aliphatic hydroxyl groups excluding tert-OH is 19. The number of aliphatic carboxylic acids is 2. The van der Waals surface area contributed by atoms with Gasteiger partial charge in [0.1, 0.15) is 176 Å². The molecule has 0 aliphatic carbocycles. The number of thioether (sulfide) groups is 2. The molecule has 0 amide bonds. The first kappa shape index (κ1) is 86.1. The Bertz CT molecular complexity index is 2610. The summed E-state index contributed by atoms with van der Waals surface area (Å²) in [5, 5.41) is 239. The first-order valence-corrected chi connectivity index (χ1v) is 35.5. The third kappa shape index (κ3) is 21.0. The molecule has 0 aromatic rings. The summed E-state index contributed by atoms with van der Waals surface area (Å²) in [4.78, 5) is 48.7. The lowest BCUT2D eigenvalue weighted by molar-refractivity contribution is -0.395. The van der Waals surface area contributed by atoms with Crippen molar-refractivity contribution in [2.45, 2.75) is 247 Å². The van der Waals surface area contributed by atoms with Crippen molar-refractivity contribution in [1.29, 1.82) is 0 Å². The molecule has 14 bridgehead atoms. The molecule has 0 saturated carbocycles. The van der Waals surface area contributed by atoms with Crippen molar-refractivity contribution in [3.8, 4) is 0 Å². The fraction of sp³-hybridized carbons (Fsp3) is 0.932. The zero-order valence-corrected chi connectivity index (χ0v) is 57.2. The van der Waals surface area contributed by atoms with E-state index in [1.165, 1.54) is 14.0 Å². The first-order chi connectivity index (χ1) is 49.0. The zero-order valence-electron chi connectivity index (χ0n) is 55.5. The van der Waals surface area contributed by atoms with E-state index in [0.29, 0.717) is 0 Å². The molecule has 0 aromatic carbocycles. The fourth-order valence-electron chi connectivity index (χ4n) is 12.6. The molecular weight excluding hydrogens is 1440 g/mol. The molecule has 44 heteroatoms. The molecule has 14 unspecified atom stereocenters. The molecule has 21 aliphatic heterocycles. The highest BCUT2D eigenvalue weighted by molar-refractivity contribution is 7.99. The second kappa shape index (κ2) is 40.0. The number of carboxylic acid groups (broad SMARTS) is 2. The number of Topliss-reactive ketones (excluding diaryl/α,β-unsaturated/α-hetero) is 2. The maximum Gasteiger partial charge on any atom is 0.321 e. The summed E-state index contributed by atoms with van der Waals surface area (Å²) in [7, 11) is 1.35. The van der Waals surface area contributed by atoms with Gasteiger partial charge in [-0.1, -0.05) is 0 Å². The highest BCUT2D eigenvalue weighted by atomic mass is 32.2. The molecule has 596 valence electrons. The molecule has 37 atom stereocenters. The number of carbonyl (C=O) groups excluding carboxylic acids is 2. The van der Waals surface area contributed by atoms with Gasteiger partial charge in [-0.15, -0.1) is 0 Å². The summed E-state index contributed by atoms with van der Waals surface area (Å²) in [6.07, 6.45) is -73.1.